The van der Waals surface area contributed by atoms with Crippen molar-refractivity contribution in [2.45, 2.75) is 12.8 Å². The molecule has 0 radical (unpaired) electrons. The second-order valence-corrected chi connectivity index (χ2v) is 2.93. The molecule has 0 aromatic carbocycles. The number of rotatable bonds is 5. The minimum absolute atomic E-state index is 0.0297. The zero-order valence-corrected chi connectivity index (χ0v) is 7.50. The zero-order chi connectivity index (χ0) is 7.82. The third kappa shape index (κ3) is 6.23. The summed E-state index contributed by atoms with van der Waals surface area (Å²) in [5.41, 5.74) is 0. The summed E-state index contributed by atoms with van der Waals surface area (Å²) in [4.78, 5) is 10.6. The van der Waals surface area contributed by atoms with Gasteiger partial charge in [0.2, 0.25) is 0 Å². The quantitative estimate of drug-likeness (QED) is 0.369. The number of carbonyl (C=O) groups is 1. The van der Waals surface area contributed by atoms with Crippen LogP contribution in [0.1, 0.15) is 12.8 Å². The Labute approximate surface area is 70.3 Å². The number of carbonyl (C=O) groups excluding carboxylic acids is 1. The van der Waals surface area contributed by atoms with Crippen LogP contribution in [-0.4, -0.2) is 24.0 Å². The van der Waals surface area contributed by atoms with Crippen molar-refractivity contribution in [2.24, 2.45) is 0 Å². The van der Waals surface area contributed by atoms with Crippen LogP contribution >= 0.6 is 23.4 Å². The Morgan fingerprint density at radius 1 is 1.70 bits per heavy atom. The van der Waals surface area contributed by atoms with Gasteiger partial charge in [0.1, 0.15) is 0 Å². The average Bonchev–Trinajstić information content (AvgIpc) is 1.89. The fraction of sp³-hybridized carbons (Fsp3) is 0.833. The first-order valence-electron chi connectivity index (χ1n) is 3.01. The lowest BCUT2D eigenvalue weighted by atomic mass is 10.3. The Bertz CT molecular complexity index is 97.7. The molecule has 2 nitrogen and oxygen atoms in total. The summed E-state index contributed by atoms with van der Waals surface area (Å²) in [6.07, 6.45) is 3.36. The van der Waals surface area contributed by atoms with Gasteiger partial charge in [-0.25, -0.2) is 0 Å². The summed E-state index contributed by atoms with van der Waals surface area (Å²) in [7, 11) is 0. The third-order valence-corrected chi connectivity index (χ3v) is 1.75. The van der Waals surface area contributed by atoms with Crippen LogP contribution in [0.3, 0.4) is 0 Å². The maximum atomic E-state index is 10.6. The highest BCUT2D eigenvalue weighted by Crippen LogP contribution is 2.00. The number of halogens is 1. The van der Waals surface area contributed by atoms with Crippen molar-refractivity contribution in [1.29, 1.82) is 0 Å². The van der Waals surface area contributed by atoms with Gasteiger partial charge >= 0.3 is 5.97 Å². The Morgan fingerprint density at radius 3 is 2.90 bits per heavy atom. The molecule has 0 rings (SSSR count). The summed E-state index contributed by atoms with van der Waals surface area (Å²) in [6.45, 7) is 0. The van der Waals surface area contributed by atoms with Crippen molar-refractivity contribution in [3.8, 4) is 0 Å². The van der Waals surface area contributed by atoms with Gasteiger partial charge in [-0.15, -0.1) is 0 Å². The van der Waals surface area contributed by atoms with Gasteiger partial charge in [0, 0.05) is 6.42 Å². The first kappa shape index (κ1) is 10.1. The van der Waals surface area contributed by atoms with Gasteiger partial charge in [-0.05, 0) is 18.4 Å². The van der Waals surface area contributed by atoms with Crippen LogP contribution in [0, 0.1) is 0 Å². The van der Waals surface area contributed by atoms with Gasteiger partial charge < -0.3 is 4.74 Å². The fourth-order valence-corrected chi connectivity index (χ4v) is 1.05. The molecule has 0 amide bonds. The first-order valence-corrected chi connectivity index (χ1v) is 4.94. The van der Waals surface area contributed by atoms with E-state index in [1.54, 1.807) is 11.8 Å². The SMILES string of the molecule is CSCCCC(=O)OCCl. The number of ether oxygens (including phenoxy) is 1. The van der Waals surface area contributed by atoms with Gasteiger partial charge in [-0.3, -0.25) is 4.79 Å². The molecule has 0 saturated carbocycles. The molecule has 0 bridgehead atoms. The Morgan fingerprint density at radius 2 is 2.40 bits per heavy atom. The standard InChI is InChI=1S/C6H11ClO2S/c1-10-4-2-3-6(8)9-5-7/h2-5H2,1H3. The van der Waals surface area contributed by atoms with E-state index in [0.717, 1.165) is 12.2 Å². The second-order valence-electron chi connectivity index (χ2n) is 1.72. The lowest BCUT2D eigenvalue weighted by molar-refractivity contribution is -0.141. The van der Waals surface area contributed by atoms with Crippen molar-refractivity contribution in [3.63, 3.8) is 0 Å². The lowest BCUT2D eigenvalue weighted by Crippen LogP contribution is -2.02. The van der Waals surface area contributed by atoms with Crippen LogP contribution in [0.5, 0.6) is 0 Å². The molecule has 0 atom stereocenters. The number of thioether (sulfide) groups is 1. The van der Waals surface area contributed by atoms with Gasteiger partial charge in [0.15, 0.2) is 6.07 Å². The third-order valence-electron chi connectivity index (χ3n) is 0.945. The summed E-state index contributed by atoms with van der Waals surface area (Å²) < 4.78 is 4.51. The topological polar surface area (TPSA) is 26.3 Å². The molecule has 0 heterocycles. The molecule has 0 aliphatic heterocycles. The molecule has 0 aliphatic rings. The Balaban J connectivity index is 3.05. The van der Waals surface area contributed by atoms with E-state index in [0.29, 0.717) is 6.42 Å². The van der Waals surface area contributed by atoms with E-state index >= 15 is 0 Å². The monoisotopic (exact) mass is 182 g/mol. The zero-order valence-electron chi connectivity index (χ0n) is 5.93. The van der Waals surface area contributed by atoms with E-state index in [9.17, 15) is 4.79 Å². The molecule has 0 saturated heterocycles. The molecular formula is C6H11ClO2S. The average molecular weight is 183 g/mol. The van der Waals surface area contributed by atoms with Crippen LogP contribution < -0.4 is 0 Å². The van der Waals surface area contributed by atoms with Crippen LogP contribution in [-0.2, 0) is 9.53 Å². The second kappa shape index (κ2) is 7.22. The summed E-state index contributed by atoms with van der Waals surface area (Å²) in [6, 6.07) is -0.0297. The minimum Gasteiger partial charge on any atom is -0.449 e. The number of hydrogen-bond donors (Lipinski definition) is 0. The number of hydrogen-bond acceptors (Lipinski definition) is 3. The molecule has 4 heteroatoms. The Hall–Kier alpha value is 0.110. The van der Waals surface area contributed by atoms with Crippen molar-refractivity contribution < 1.29 is 9.53 Å². The van der Waals surface area contributed by atoms with E-state index in [4.69, 9.17) is 11.6 Å². The maximum Gasteiger partial charge on any atom is 0.307 e. The summed E-state index contributed by atoms with van der Waals surface area (Å²) in [5, 5.41) is 0. The van der Waals surface area contributed by atoms with E-state index in [-0.39, 0.29) is 12.0 Å². The normalized spacial score (nSPS) is 9.40. The van der Waals surface area contributed by atoms with Crippen LogP contribution in [0.25, 0.3) is 0 Å². The summed E-state index contributed by atoms with van der Waals surface area (Å²) >= 11 is 6.88. The van der Waals surface area contributed by atoms with E-state index in [1.807, 2.05) is 6.26 Å². The van der Waals surface area contributed by atoms with Crippen molar-refractivity contribution >= 4 is 29.3 Å². The molecule has 60 valence electrons. The van der Waals surface area contributed by atoms with Gasteiger partial charge in [-0.2, -0.15) is 11.8 Å². The minimum atomic E-state index is -0.205. The fourth-order valence-electron chi connectivity index (χ4n) is 0.494. The molecule has 0 fully saturated rings. The van der Waals surface area contributed by atoms with Crippen molar-refractivity contribution in [1.82, 2.24) is 0 Å². The van der Waals surface area contributed by atoms with E-state index in [2.05, 4.69) is 4.74 Å². The molecule has 0 aliphatic carbocycles. The predicted molar refractivity (Wildman–Crippen MR) is 44.4 cm³/mol. The molecule has 0 N–H and O–H groups in total. The predicted octanol–water partition coefficient (Wildman–Crippen LogP) is 1.87. The lowest BCUT2D eigenvalue weighted by Gasteiger charge is -1.98. The smallest absolute Gasteiger partial charge is 0.307 e. The highest BCUT2D eigenvalue weighted by molar-refractivity contribution is 7.98. The molecular weight excluding hydrogens is 172 g/mol. The van der Waals surface area contributed by atoms with Crippen molar-refractivity contribution in [2.75, 3.05) is 18.1 Å². The first-order chi connectivity index (χ1) is 4.81. The molecule has 0 aromatic heterocycles. The van der Waals surface area contributed by atoms with Crippen LogP contribution in [0.15, 0.2) is 0 Å². The number of alkyl halides is 1. The highest BCUT2D eigenvalue weighted by atomic mass is 35.5. The van der Waals surface area contributed by atoms with Crippen LogP contribution in [0.2, 0.25) is 0 Å². The molecule has 0 spiro atoms. The van der Waals surface area contributed by atoms with Gasteiger partial charge in [0.05, 0.1) is 0 Å². The highest BCUT2D eigenvalue weighted by Gasteiger charge is 1.99. The van der Waals surface area contributed by atoms with Crippen LogP contribution in [0.4, 0.5) is 0 Å². The summed E-state index contributed by atoms with van der Waals surface area (Å²) in [5.74, 6) is 0.793. The molecule has 0 unspecified atom stereocenters. The maximum absolute atomic E-state index is 10.6. The van der Waals surface area contributed by atoms with Gasteiger partial charge in [0.25, 0.3) is 0 Å². The largest absolute Gasteiger partial charge is 0.449 e. The van der Waals surface area contributed by atoms with E-state index < -0.39 is 0 Å². The molecule has 10 heavy (non-hydrogen) atoms. The Kier molecular flexibility index (Phi) is 7.30. The number of esters is 1. The molecule has 0 aromatic rings. The van der Waals surface area contributed by atoms with Crippen molar-refractivity contribution in [3.05, 3.63) is 0 Å². The van der Waals surface area contributed by atoms with E-state index in [1.165, 1.54) is 0 Å². The van der Waals surface area contributed by atoms with Gasteiger partial charge in [-0.1, -0.05) is 11.6 Å².